The number of rotatable bonds is 4. The fraction of sp³-hybridized carbons (Fsp3) is 0.857. The zero-order valence-electron chi connectivity index (χ0n) is 7.60. The van der Waals surface area contributed by atoms with Crippen molar-refractivity contribution in [2.45, 2.75) is 32.2 Å². The molecule has 0 bridgehead atoms. The lowest BCUT2D eigenvalue weighted by atomic mass is 9.78. The van der Waals surface area contributed by atoms with Gasteiger partial charge in [-0.25, -0.2) is 8.78 Å². The quantitative estimate of drug-likeness (QED) is 0.698. The van der Waals surface area contributed by atoms with Crippen LogP contribution in [0.4, 0.5) is 17.6 Å². The van der Waals surface area contributed by atoms with Crippen molar-refractivity contribution < 1.29 is 27.5 Å². The first-order valence-electron chi connectivity index (χ1n) is 3.69. The summed E-state index contributed by atoms with van der Waals surface area (Å²) in [6, 6.07) is -2.05. The molecule has 0 heterocycles. The molecule has 0 fully saturated rings. The van der Waals surface area contributed by atoms with Crippen molar-refractivity contribution in [1.29, 1.82) is 0 Å². The second-order valence-electron chi connectivity index (χ2n) is 3.46. The van der Waals surface area contributed by atoms with Gasteiger partial charge in [0.25, 0.3) is 0 Å². The Morgan fingerprint density at radius 3 is 1.93 bits per heavy atom. The number of nitrogens with two attached hydrogens (primary N) is 1. The molecule has 1 atom stereocenters. The Morgan fingerprint density at radius 2 is 1.71 bits per heavy atom. The maximum absolute atomic E-state index is 12.8. The summed E-state index contributed by atoms with van der Waals surface area (Å²) in [5, 5.41) is 8.36. The number of carboxylic acid groups (broad SMARTS) is 1. The second-order valence-corrected chi connectivity index (χ2v) is 3.46. The van der Waals surface area contributed by atoms with E-state index in [0.717, 1.165) is 0 Å². The molecule has 0 aliphatic rings. The molecule has 7 heteroatoms. The number of hydrogen-bond donors (Lipinski definition) is 2. The fourth-order valence-corrected chi connectivity index (χ4v) is 0.797. The van der Waals surface area contributed by atoms with E-state index in [0.29, 0.717) is 13.8 Å². The first-order valence-corrected chi connectivity index (χ1v) is 3.69. The third-order valence-corrected chi connectivity index (χ3v) is 2.18. The van der Waals surface area contributed by atoms with Crippen LogP contribution in [0.15, 0.2) is 0 Å². The Kier molecular flexibility index (Phi) is 3.49. The summed E-state index contributed by atoms with van der Waals surface area (Å²) in [7, 11) is 0. The molecule has 14 heavy (non-hydrogen) atoms. The van der Waals surface area contributed by atoms with Crippen LogP contribution in [0.5, 0.6) is 0 Å². The SMILES string of the molecule is CC(C)(C(N)C(=O)O)C(F)(F)C(F)F. The van der Waals surface area contributed by atoms with Gasteiger partial charge in [0.15, 0.2) is 0 Å². The molecule has 1 unspecified atom stereocenters. The first-order chi connectivity index (χ1) is 6.05. The van der Waals surface area contributed by atoms with E-state index in [2.05, 4.69) is 0 Å². The lowest BCUT2D eigenvalue weighted by Crippen LogP contribution is -2.56. The van der Waals surface area contributed by atoms with Gasteiger partial charge in [-0.05, 0) is 0 Å². The summed E-state index contributed by atoms with van der Waals surface area (Å²) in [5.41, 5.74) is 2.40. The van der Waals surface area contributed by atoms with Crippen molar-refractivity contribution in [1.82, 2.24) is 0 Å². The van der Waals surface area contributed by atoms with Crippen LogP contribution in [0, 0.1) is 5.41 Å². The maximum Gasteiger partial charge on any atom is 0.321 e. The lowest BCUT2D eigenvalue weighted by Gasteiger charge is -2.35. The molecule has 0 aromatic carbocycles. The molecule has 0 spiro atoms. The molecule has 0 aliphatic carbocycles. The van der Waals surface area contributed by atoms with E-state index in [1.54, 1.807) is 0 Å². The average Bonchev–Trinajstić information content (AvgIpc) is 2.01. The predicted molar refractivity (Wildman–Crippen MR) is 40.3 cm³/mol. The standard InChI is InChI=1S/C7H11F4NO2/c1-6(2,3(12)4(13)14)7(10,11)5(8)9/h3,5H,12H2,1-2H3,(H,13,14). The van der Waals surface area contributed by atoms with Crippen LogP contribution in [0.3, 0.4) is 0 Å². The Hall–Kier alpha value is -0.850. The molecule has 0 radical (unpaired) electrons. The number of halogens is 4. The molecule has 3 nitrogen and oxygen atoms in total. The average molecular weight is 217 g/mol. The van der Waals surface area contributed by atoms with Crippen LogP contribution in [0.2, 0.25) is 0 Å². The van der Waals surface area contributed by atoms with Crippen molar-refractivity contribution in [3.63, 3.8) is 0 Å². The zero-order valence-corrected chi connectivity index (χ0v) is 7.60. The van der Waals surface area contributed by atoms with Crippen molar-refractivity contribution >= 4 is 5.97 Å². The topological polar surface area (TPSA) is 63.3 Å². The summed E-state index contributed by atoms with van der Waals surface area (Å²) in [4.78, 5) is 10.3. The van der Waals surface area contributed by atoms with E-state index in [-0.39, 0.29) is 0 Å². The lowest BCUT2D eigenvalue weighted by molar-refractivity contribution is -0.207. The van der Waals surface area contributed by atoms with E-state index >= 15 is 0 Å². The van der Waals surface area contributed by atoms with E-state index in [4.69, 9.17) is 10.8 Å². The summed E-state index contributed by atoms with van der Waals surface area (Å²) >= 11 is 0. The van der Waals surface area contributed by atoms with Crippen LogP contribution in [0.1, 0.15) is 13.8 Å². The number of alkyl halides is 4. The van der Waals surface area contributed by atoms with Crippen LogP contribution in [-0.4, -0.2) is 29.5 Å². The van der Waals surface area contributed by atoms with Gasteiger partial charge in [-0.15, -0.1) is 0 Å². The highest BCUT2D eigenvalue weighted by atomic mass is 19.3. The highest BCUT2D eigenvalue weighted by molar-refractivity contribution is 5.74. The molecular formula is C7H11F4NO2. The minimum absolute atomic E-state index is 0.692. The summed E-state index contributed by atoms with van der Waals surface area (Å²) in [6.07, 6.45) is -3.94. The van der Waals surface area contributed by atoms with Crippen LogP contribution in [-0.2, 0) is 4.79 Å². The van der Waals surface area contributed by atoms with Crippen molar-refractivity contribution in [2.75, 3.05) is 0 Å². The molecule has 0 aliphatic heterocycles. The number of hydrogen-bond acceptors (Lipinski definition) is 2. The van der Waals surface area contributed by atoms with Crippen molar-refractivity contribution in [3.8, 4) is 0 Å². The largest absolute Gasteiger partial charge is 0.480 e. The maximum atomic E-state index is 12.8. The molecule has 0 aromatic rings. The van der Waals surface area contributed by atoms with E-state index in [1.807, 2.05) is 0 Å². The molecule has 84 valence electrons. The second kappa shape index (κ2) is 3.72. The van der Waals surface area contributed by atoms with Gasteiger partial charge in [0.05, 0.1) is 5.41 Å². The summed E-state index contributed by atoms with van der Waals surface area (Å²) in [5.74, 6) is -6.18. The smallest absolute Gasteiger partial charge is 0.321 e. The van der Waals surface area contributed by atoms with Crippen molar-refractivity contribution in [2.24, 2.45) is 11.1 Å². The normalized spacial score (nSPS) is 15.7. The van der Waals surface area contributed by atoms with Gasteiger partial charge >= 0.3 is 18.3 Å². The van der Waals surface area contributed by atoms with Gasteiger partial charge < -0.3 is 10.8 Å². The predicted octanol–water partition coefficient (Wildman–Crippen LogP) is 1.32. The van der Waals surface area contributed by atoms with Crippen molar-refractivity contribution in [3.05, 3.63) is 0 Å². The van der Waals surface area contributed by atoms with Crippen LogP contribution < -0.4 is 5.73 Å². The van der Waals surface area contributed by atoms with Gasteiger partial charge in [0.2, 0.25) is 0 Å². The van der Waals surface area contributed by atoms with Gasteiger partial charge in [-0.2, -0.15) is 8.78 Å². The highest BCUT2D eigenvalue weighted by Gasteiger charge is 2.58. The molecule has 0 rings (SSSR count). The minimum Gasteiger partial charge on any atom is -0.480 e. The Balaban J connectivity index is 5.03. The van der Waals surface area contributed by atoms with E-state index < -0.39 is 29.8 Å². The zero-order chi connectivity index (χ0) is 11.7. The highest BCUT2D eigenvalue weighted by Crippen LogP contribution is 2.42. The third kappa shape index (κ3) is 1.97. The number of carbonyl (C=O) groups is 1. The Morgan fingerprint density at radius 1 is 1.36 bits per heavy atom. The first kappa shape index (κ1) is 13.2. The van der Waals surface area contributed by atoms with Crippen LogP contribution >= 0.6 is 0 Å². The molecule has 0 saturated heterocycles. The molecule has 0 saturated carbocycles. The van der Waals surface area contributed by atoms with E-state index in [9.17, 15) is 22.4 Å². The Labute approximate surface area is 77.9 Å². The van der Waals surface area contributed by atoms with E-state index in [1.165, 1.54) is 0 Å². The minimum atomic E-state index is -4.44. The summed E-state index contributed by atoms with van der Waals surface area (Å²) in [6.45, 7) is 1.38. The third-order valence-electron chi connectivity index (χ3n) is 2.18. The summed E-state index contributed by atoms with van der Waals surface area (Å²) < 4.78 is 49.6. The molecular weight excluding hydrogens is 206 g/mol. The molecule has 3 N–H and O–H groups in total. The van der Waals surface area contributed by atoms with Gasteiger partial charge in [0, 0.05) is 0 Å². The van der Waals surface area contributed by atoms with Gasteiger partial charge in [-0.1, -0.05) is 13.8 Å². The number of aliphatic carboxylic acids is 1. The molecule has 0 aromatic heterocycles. The molecule has 0 amide bonds. The monoisotopic (exact) mass is 217 g/mol. The number of carboxylic acids is 1. The Bertz CT molecular complexity index is 230. The van der Waals surface area contributed by atoms with Crippen LogP contribution in [0.25, 0.3) is 0 Å². The van der Waals surface area contributed by atoms with Gasteiger partial charge in [0.1, 0.15) is 6.04 Å². The fourth-order valence-electron chi connectivity index (χ4n) is 0.797. The van der Waals surface area contributed by atoms with Gasteiger partial charge in [-0.3, -0.25) is 4.79 Å².